The van der Waals surface area contributed by atoms with Crippen molar-refractivity contribution in [3.05, 3.63) is 0 Å². The monoisotopic (exact) mass is 1380 g/mol. The van der Waals surface area contributed by atoms with E-state index in [4.69, 9.17) is 73.9 Å². The summed E-state index contributed by atoms with van der Waals surface area (Å²) in [6, 6.07) is 0. The van der Waals surface area contributed by atoms with E-state index >= 15 is 0 Å². The van der Waals surface area contributed by atoms with Crippen LogP contribution in [0.15, 0.2) is 0 Å². The molecule has 39 nitrogen and oxygen atoms in total. The third kappa shape index (κ3) is 45.6. The van der Waals surface area contributed by atoms with E-state index in [0.29, 0.717) is 0 Å². The van der Waals surface area contributed by atoms with Crippen molar-refractivity contribution in [1.82, 2.24) is 37.9 Å². The van der Waals surface area contributed by atoms with Gasteiger partial charge < -0.3 is 70.2 Å². The van der Waals surface area contributed by atoms with Crippen molar-refractivity contribution in [2.75, 3.05) is 167 Å². The van der Waals surface area contributed by atoms with Crippen LogP contribution in [-0.2, 0) is 99.9 Å². The predicted molar refractivity (Wildman–Crippen MR) is 274 cm³/mol. The van der Waals surface area contributed by atoms with E-state index < -0.39 is 216 Å². The van der Waals surface area contributed by atoms with Crippen LogP contribution in [0.3, 0.4) is 0 Å². The number of hydrogen-bond acceptors (Lipinski definition) is 29. The Hall–Kier alpha value is 0.390. The summed E-state index contributed by atoms with van der Waals surface area (Å²) in [5, 5.41) is 10.7. The van der Waals surface area contributed by atoms with Crippen molar-refractivity contribution in [1.29, 1.82) is 0 Å². The Kier molecular flexibility index (Phi) is 42.6. The third-order valence-electron chi connectivity index (χ3n) is 9.71. The molecule has 0 aromatic carbocycles. The first kappa shape index (κ1) is 82.4. The van der Waals surface area contributed by atoms with E-state index in [9.17, 15) is 79.3 Å². The highest BCUT2D eigenvalue weighted by Crippen LogP contribution is 2.50. The molecular formula is C32H78F3N7O32P8. The molecule has 0 spiro atoms. The molecule has 0 saturated carbocycles. The minimum atomic E-state index is -5.07. The molecule has 0 bridgehead atoms. The lowest BCUT2D eigenvalue weighted by molar-refractivity contribution is 0.0617. The SMILES string of the molecule is CNCC(COP(=O)(O)O)COP(=O)(O)OCC(CNF)COP(=O)(O)OCC(CNC)COP(=O)(O)OCC(CNF)COP(=O)(O)OCC(CNC)COP(=O)(O)OCC(CNF)COP(=O)(O)OCC(CNC)COP(=O)(O)O. The average Bonchev–Trinajstić information content (AvgIpc) is 3.37. The third-order valence-corrected chi connectivity index (χ3v) is 16.4. The van der Waals surface area contributed by atoms with Crippen LogP contribution in [0.2, 0.25) is 0 Å². The summed E-state index contributed by atoms with van der Waals surface area (Å²) >= 11 is 0. The van der Waals surface area contributed by atoms with Gasteiger partial charge in [0.05, 0.1) is 92.5 Å². The van der Waals surface area contributed by atoms with Gasteiger partial charge in [-0.15, -0.1) is 13.4 Å². The Balaban J connectivity index is 5.24. The van der Waals surface area contributed by atoms with Crippen molar-refractivity contribution in [3.63, 3.8) is 0 Å². The van der Waals surface area contributed by atoms with Crippen molar-refractivity contribution in [2.24, 2.45) is 41.4 Å². The van der Waals surface area contributed by atoms with Crippen molar-refractivity contribution in [3.8, 4) is 0 Å². The Bertz CT molecular complexity index is 2000. The van der Waals surface area contributed by atoms with Crippen LogP contribution in [-0.4, -0.2) is 215 Å². The van der Waals surface area contributed by atoms with Crippen molar-refractivity contribution < 1.29 is 162 Å². The molecule has 0 aliphatic carbocycles. The fourth-order valence-corrected chi connectivity index (χ4v) is 11.7. The lowest BCUT2D eigenvalue weighted by Gasteiger charge is -2.23. The zero-order chi connectivity index (χ0) is 62.7. The van der Waals surface area contributed by atoms with Crippen LogP contribution >= 0.6 is 62.6 Å². The first-order chi connectivity index (χ1) is 38.0. The summed E-state index contributed by atoms with van der Waals surface area (Å²) in [6.45, 7) is -12.5. The smallest absolute Gasteiger partial charge is 0.319 e. The molecule has 0 amide bonds. The quantitative estimate of drug-likeness (QED) is 0.0273. The summed E-state index contributed by atoms with van der Waals surface area (Å²) in [5.74, 6) is -7.53. The molecule has 17 N–H and O–H groups in total. The van der Waals surface area contributed by atoms with E-state index in [1.54, 1.807) is 0 Å². The molecule has 0 aromatic rings. The second-order valence-electron chi connectivity index (χ2n) is 17.2. The van der Waals surface area contributed by atoms with Crippen LogP contribution in [0, 0.1) is 41.4 Å². The average molecular weight is 1380 g/mol. The first-order valence-corrected chi connectivity index (χ1v) is 35.7. The highest BCUT2D eigenvalue weighted by molar-refractivity contribution is 7.49. The fourth-order valence-electron chi connectivity index (χ4n) is 5.67. The Morgan fingerprint density at radius 2 is 0.378 bits per heavy atom. The van der Waals surface area contributed by atoms with E-state index in [1.165, 1.54) is 44.8 Å². The molecule has 50 heteroatoms. The standard InChI is InChI=1S/C32H78F3N7O32P8/c1-36-5-26(12-61-75(43,44)45)14-63-77(49,50)69-20-30(9-40-33)22-71-79(53,54)65-16-28(7-38-3)18-67-81(57,58)73-24-32(11-42-35)25-74-82(59,60)68-19-29(8-39-4)17-66-80(55,56)72-23-31(10-41-34)21-70-78(51,52)64-15-27(6-37-2)13-62-76(46,47)48/h26-32,36-42H,5-25H2,1-4H3,(H,49,50)(H,51,52)(H,53,54)(H,55,56)(H,57,58)(H,59,60)(H2,43,44,45)(H2,46,47,48). The second kappa shape index (κ2) is 42.4. The van der Waals surface area contributed by atoms with Crippen LogP contribution in [0.5, 0.6) is 0 Å². The van der Waals surface area contributed by atoms with E-state index in [-0.39, 0.29) is 26.2 Å². The van der Waals surface area contributed by atoms with E-state index in [0.717, 1.165) is 0 Å². The van der Waals surface area contributed by atoms with Crippen LogP contribution in [0.25, 0.3) is 0 Å². The van der Waals surface area contributed by atoms with Crippen LogP contribution < -0.4 is 37.9 Å². The number of nitrogens with one attached hydrogen (secondary N) is 7. The largest absolute Gasteiger partial charge is 0.472 e. The lowest BCUT2D eigenvalue weighted by atomic mass is 10.2. The van der Waals surface area contributed by atoms with Gasteiger partial charge in [-0.1, -0.05) is 0 Å². The van der Waals surface area contributed by atoms with Gasteiger partial charge >= 0.3 is 62.6 Å². The highest BCUT2D eigenvalue weighted by Gasteiger charge is 2.34. The molecule has 82 heavy (non-hydrogen) atoms. The van der Waals surface area contributed by atoms with E-state index in [1.807, 2.05) is 0 Å². The molecule has 0 aliphatic rings. The van der Waals surface area contributed by atoms with Crippen LogP contribution in [0.1, 0.15) is 0 Å². The maximum absolute atomic E-state index is 13.2. The molecule has 0 aromatic heterocycles. The van der Waals surface area contributed by atoms with Crippen LogP contribution in [0.4, 0.5) is 13.4 Å². The van der Waals surface area contributed by atoms with Gasteiger partial charge in [0.1, 0.15) is 0 Å². The zero-order valence-corrected chi connectivity index (χ0v) is 51.7. The topological polar surface area (TPSA) is 552 Å². The first-order valence-electron chi connectivity index (χ1n) is 23.7. The Labute approximate surface area is 469 Å². The lowest BCUT2D eigenvalue weighted by Crippen LogP contribution is -2.29. The molecule has 0 heterocycles. The van der Waals surface area contributed by atoms with Gasteiger partial charge in [-0.3, -0.25) is 63.3 Å². The minimum Gasteiger partial charge on any atom is -0.319 e. The van der Waals surface area contributed by atoms with Gasteiger partial charge in [0.15, 0.2) is 0 Å². The normalized spacial score (nSPS) is 19.8. The zero-order valence-electron chi connectivity index (χ0n) is 44.6. The molecule has 12 atom stereocenters. The summed E-state index contributed by atoms with van der Waals surface area (Å²) in [7, 11) is -34.0. The molecule has 494 valence electrons. The van der Waals surface area contributed by atoms with Gasteiger partial charge in [-0.25, -0.2) is 36.5 Å². The predicted octanol–water partition coefficient (Wildman–Crippen LogP) is -0.380. The fraction of sp³-hybridized carbons (Fsp3) is 1.00. The highest BCUT2D eigenvalue weighted by atomic mass is 31.2. The molecule has 0 aliphatic heterocycles. The van der Waals surface area contributed by atoms with Gasteiger partial charge in [-0.05, 0) is 28.2 Å². The maximum Gasteiger partial charge on any atom is 0.472 e. The minimum absolute atomic E-state index is 0.0190. The van der Waals surface area contributed by atoms with Crippen molar-refractivity contribution >= 4 is 62.6 Å². The van der Waals surface area contributed by atoms with Gasteiger partial charge in [0, 0.05) is 87.2 Å². The maximum atomic E-state index is 13.2. The number of halogens is 3. The molecule has 0 radical (unpaired) electrons. The Morgan fingerprint density at radius 1 is 0.256 bits per heavy atom. The molecular weight excluding hydrogens is 1300 g/mol. The Morgan fingerprint density at radius 3 is 0.488 bits per heavy atom. The summed E-state index contributed by atoms with van der Waals surface area (Å²) in [6.07, 6.45) is 0. The van der Waals surface area contributed by atoms with Gasteiger partial charge in [-0.2, -0.15) is 16.6 Å². The second-order valence-corrected chi connectivity index (χ2v) is 28.4. The van der Waals surface area contributed by atoms with Crippen molar-refractivity contribution in [2.45, 2.75) is 0 Å². The molecule has 0 rings (SSSR count). The van der Waals surface area contributed by atoms with E-state index in [2.05, 4.69) is 30.3 Å². The number of phosphoric ester groups is 8. The van der Waals surface area contributed by atoms with Gasteiger partial charge in [0.2, 0.25) is 0 Å². The summed E-state index contributed by atoms with van der Waals surface area (Å²) in [4.78, 5) is 97.0. The number of phosphoric acid groups is 8. The molecule has 12 unspecified atom stereocenters. The number of hydrogen-bond donors (Lipinski definition) is 17. The number of rotatable bonds is 56. The summed E-state index contributed by atoms with van der Waals surface area (Å²) in [5.41, 5.74) is 3.69. The molecule has 0 fully saturated rings. The summed E-state index contributed by atoms with van der Waals surface area (Å²) < 4.78 is 204. The molecule has 0 saturated heterocycles. The van der Waals surface area contributed by atoms with Gasteiger partial charge in [0.25, 0.3) is 0 Å².